The molecule has 1 atom stereocenters. The third kappa shape index (κ3) is 5.01. The molecule has 0 aliphatic carbocycles. The standard InChI is InChI=1S/C15H21NO4/c1-2-3-9-15(16,14(18)19)10-13(17)20-11-12-7-5-4-6-8-12/h4-8H,2-3,9-11,16H2,1H3,(H,18,19). The van der Waals surface area contributed by atoms with Crippen LogP contribution < -0.4 is 5.73 Å². The minimum Gasteiger partial charge on any atom is -0.480 e. The maximum atomic E-state index is 11.7. The van der Waals surface area contributed by atoms with Crippen LogP contribution in [-0.4, -0.2) is 22.6 Å². The summed E-state index contributed by atoms with van der Waals surface area (Å²) in [6, 6.07) is 9.21. The van der Waals surface area contributed by atoms with Gasteiger partial charge in [0.25, 0.3) is 0 Å². The van der Waals surface area contributed by atoms with Gasteiger partial charge in [-0.15, -0.1) is 0 Å². The molecule has 0 fully saturated rings. The van der Waals surface area contributed by atoms with E-state index in [0.29, 0.717) is 6.42 Å². The van der Waals surface area contributed by atoms with E-state index in [4.69, 9.17) is 15.6 Å². The normalized spacial score (nSPS) is 13.5. The molecule has 1 unspecified atom stereocenters. The number of hydrogen-bond acceptors (Lipinski definition) is 4. The van der Waals surface area contributed by atoms with Crippen molar-refractivity contribution >= 4 is 11.9 Å². The molecular formula is C15H21NO4. The Labute approximate surface area is 118 Å². The maximum absolute atomic E-state index is 11.7. The Kier molecular flexibility index (Phi) is 6.18. The molecule has 1 rings (SSSR count). The number of rotatable bonds is 8. The molecule has 0 heterocycles. The van der Waals surface area contributed by atoms with Crippen molar-refractivity contribution in [2.45, 2.75) is 44.8 Å². The van der Waals surface area contributed by atoms with E-state index in [-0.39, 0.29) is 19.4 Å². The molecule has 0 spiro atoms. The van der Waals surface area contributed by atoms with Gasteiger partial charge in [-0.05, 0) is 12.0 Å². The quantitative estimate of drug-likeness (QED) is 0.711. The van der Waals surface area contributed by atoms with Gasteiger partial charge in [-0.3, -0.25) is 9.59 Å². The number of hydrogen-bond donors (Lipinski definition) is 2. The smallest absolute Gasteiger partial charge is 0.324 e. The zero-order valence-electron chi connectivity index (χ0n) is 11.7. The lowest BCUT2D eigenvalue weighted by Gasteiger charge is -2.23. The highest BCUT2D eigenvalue weighted by Crippen LogP contribution is 2.17. The molecule has 1 aromatic rings. The Morgan fingerprint density at radius 1 is 1.30 bits per heavy atom. The predicted molar refractivity (Wildman–Crippen MR) is 74.9 cm³/mol. The van der Waals surface area contributed by atoms with Crippen molar-refractivity contribution in [2.75, 3.05) is 0 Å². The number of ether oxygens (including phenoxy) is 1. The van der Waals surface area contributed by atoms with Gasteiger partial charge >= 0.3 is 11.9 Å². The van der Waals surface area contributed by atoms with Gasteiger partial charge in [0.1, 0.15) is 12.1 Å². The lowest BCUT2D eigenvalue weighted by atomic mass is 9.90. The van der Waals surface area contributed by atoms with Crippen LogP contribution in [0, 0.1) is 0 Å². The van der Waals surface area contributed by atoms with E-state index in [1.54, 1.807) is 0 Å². The molecule has 20 heavy (non-hydrogen) atoms. The second-order valence-corrected chi connectivity index (χ2v) is 4.89. The van der Waals surface area contributed by atoms with Crippen LogP contribution in [0.25, 0.3) is 0 Å². The minimum atomic E-state index is -1.54. The van der Waals surface area contributed by atoms with Gasteiger partial charge in [0.15, 0.2) is 0 Å². The van der Waals surface area contributed by atoms with Crippen molar-refractivity contribution in [3.05, 3.63) is 35.9 Å². The first-order valence-electron chi connectivity index (χ1n) is 6.70. The summed E-state index contributed by atoms with van der Waals surface area (Å²) < 4.78 is 5.07. The van der Waals surface area contributed by atoms with Crippen molar-refractivity contribution < 1.29 is 19.4 Å². The first-order chi connectivity index (χ1) is 9.48. The van der Waals surface area contributed by atoms with E-state index in [2.05, 4.69) is 0 Å². The van der Waals surface area contributed by atoms with Crippen LogP contribution in [0.1, 0.15) is 38.2 Å². The molecule has 110 valence electrons. The molecule has 1 aromatic carbocycles. The summed E-state index contributed by atoms with van der Waals surface area (Å²) in [5.74, 6) is -1.75. The summed E-state index contributed by atoms with van der Waals surface area (Å²) in [5.41, 5.74) is 5.11. The topological polar surface area (TPSA) is 89.6 Å². The van der Waals surface area contributed by atoms with Gasteiger partial charge in [0, 0.05) is 0 Å². The van der Waals surface area contributed by atoms with Gasteiger partial charge < -0.3 is 15.6 Å². The number of nitrogens with two attached hydrogens (primary N) is 1. The largest absolute Gasteiger partial charge is 0.480 e. The number of carboxylic acid groups (broad SMARTS) is 1. The third-order valence-corrected chi connectivity index (χ3v) is 3.10. The number of benzene rings is 1. The second kappa shape index (κ2) is 7.65. The molecule has 5 nitrogen and oxygen atoms in total. The van der Waals surface area contributed by atoms with Crippen LogP contribution in [0.4, 0.5) is 0 Å². The summed E-state index contributed by atoms with van der Waals surface area (Å²) >= 11 is 0. The van der Waals surface area contributed by atoms with Crippen molar-refractivity contribution in [3.63, 3.8) is 0 Å². The maximum Gasteiger partial charge on any atom is 0.324 e. The van der Waals surface area contributed by atoms with Gasteiger partial charge in [-0.25, -0.2) is 0 Å². The number of carboxylic acids is 1. The third-order valence-electron chi connectivity index (χ3n) is 3.10. The number of carbonyl (C=O) groups excluding carboxylic acids is 1. The van der Waals surface area contributed by atoms with Gasteiger partial charge in [0.05, 0.1) is 6.42 Å². The Balaban J connectivity index is 2.52. The Bertz CT molecular complexity index is 446. The molecule has 3 N–H and O–H groups in total. The van der Waals surface area contributed by atoms with Crippen LogP contribution >= 0.6 is 0 Å². The molecular weight excluding hydrogens is 258 g/mol. The molecule has 0 saturated heterocycles. The van der Waals surface area contributed by atoms with Crippen molar-refractivity contribution in [1.29, 1.82) is 0 Å². The van der Waals surface area contributed by atoms with Crippen LogP contribution in [0.5, 0.6) is 0 Å². The molecule has 0 aliphatic heterocycles. The van der Waals surface area contributed by atoms with Crippen LogP contribution in [0.3, 0.4) is 0 Å². The predicted octanol–water partition coefficient (Wildman–Crippen LogP) is 2.09. The van der Waals surface area contributed by atoms with E-state index in [0.717, 1.165) is 12.0 Å². The summed E-state index contributed by atoms with van der Waals surface area (Å²) in [6.45, 7) is 2.07. The molecule has 0 saturated carbocycles. The number of carbonyl (C=O) groups is 2. The van der Waals surface area contributed by atoms with Crippen molar-refractivity contribution in [1.82, 2.24) is 0 Å². The van der Waals surface area contributed by atoms with Crippen LogP contribution in [0.2, 0.25) is 0 Å². The SMILES string of the molecule is CCCCC(N)(CC(=O)OCc1ccccc1)C(=O)O. The van der Waals surface area contributed by atoms with Gasteiger partial charge in [-0.2, -0.15) is 0 Å². The Morgan fingerprint density at radius 3 is 2.50 bits per heavy atom. The molecule has 0 radical (unpaired) electrons. The molecule has 5 heteroatoms. The van der Waals surface area contributed by atoms with Crippen LogP contribution in [-0.2, 0) is 20.9 Å². The average Bonchev–Trinajstić information content (AvgIpc) is 2.44. The summed E-state index contributed by atoms with van der Waals surface area (Å²) in [5, 5.41) is 9.16. The van der Waals surface area contributed by atoms with Gasteiger partial charge in [-0.1, -0.05) is 50.1 Å². The number of esters is 1. The molecule has 0 aliphatic rings. The fourth-order valence-corrected chi connectivity index (χ4v) is 1.81. The molecule has 0 bridgehead atoms. The van der Waals surface area contributed by atoms with E-state index >= 15 is 0 Å². The molecule has 0 aromatic heterocycles. The lowest BCUT2D eigenvalue weighted by Crippen LogP contribution is -2.49. The van der Waals surface area contributed by atoms with E-state index < -0.39 is 17.5 Å². The van der Waals surface area contributed by atoms with Crippen molar-refractivity contribution in [2.24, 2.45) is 5.73 Å². The van der Waals surface area contributed by atoms with Crippen molar-refractivity contribution in [3.8, 4) is 0 Å². The summed E-state index contributed by atoms with van der Waals surface area (Å²) in [4.78, 5) is 22.9. The number of aliphatic carboxylic acids is 1. The zero-order chi connectivity index (χ0) is 15.0. The fraction of sp³-hybridized carbons (Fsp3) is 0.467. The van der Waals surface area contributed by atoms with Crippen LogP contribution in [0.15, 0.2) is 30.3 Å². The highest BCUT2D eigenvalue weighted by molar-refractivity contribution is 5.85. The highest BCUT2D eigenvalue weighted by atomic mass is 16.5. The lowest BCUT2D eigenvalue weighted by molar-refractivity contribution is -0.154. The molecule has 0 amide bonds. The second-order valence-electron chi connectivity index (χ2n) is 4.89. The Morgan fingerprint density at radius 2 is 1.95 bits per heavy atom. The monoisotopic (exact) mass is 279 g/mol. The van der Waals surface area contributed by atoms with Gasteiger partial charge in [0.2, 0.25) is 0 Å². The summed E-state index contributed by atoms with van der Waals surface area (Å²) in [7, 11) is 0. The van der Waals surface area contributed by atoms with E-state index in [1.807, 2.05) is 37.3 Å². The first kappa shape index (κ1) is 16.2. The first-order valence-corrected chi connectivity index (χ1v) is 6.70. The average molecular weight is 279 g/mol. The number of unbranched alkanes of at least 4 members (excludes halogenated alkanes) is 1. The van der Waals surface area contributed by atoms with E-state index in [1.165, 1.54) is 0 Å². The van der Waals surface area contributed by atoms with E-state index in [9.17, 15) is 9.59 Å². The zero-order valence-corrected chi connectivity index (χ0v) is 11.7. The highest BCUT2D eigenvalue weighted by Gasteiger charge is 2.36. The fourth-order valence-electron chi connectivity index (χ4n) is 1.81. The summed E-state index contributed by atoms with van der Waals surface area (Å²) in [6.07, 6.45) is 1.44. The Hall–Kier alpha value is -1.88. The minimum absolute atomic E-state index is 0.128.